The Labute approximate surface area is 93.1 Å². The molecule has 3 heteroatoms. The van der Waals surface area contributed by atoms with E-state index in [9.17, 15) is 4.79 Å². The normalized spacial score (nSPS) is 13.5. The van der Waals surface area contributed by atoms with E-state index in [1.165, 1.54) is 0 Å². The molecule has 0 aromatic carbocycles. The van der Waals surface area contributed by atoms with Crippen LogP contribution in [-0.2, 0) is 4.79 Å². The van der Waals surface area contributed by atoms with Crippen LogP contribution < -0.4 is 11.1 Å². The van der Waals surface area contributed by atoms with Crippen molar-refractivity contribution in [3.05, 3.63) is 12.7 Å². The number of allylic oxidation sites excluding steroid dienone is 1. The molecular weight excluding hydrogens is 188 g/mol. The molecule has 0 radical (unpaired) electrons. The molecule has 0 fully saturated rings. The van der Waals surface area contributed by atoms with Gasteiger partial charge in [-0.15, -0.1) is 6.58 Å². The highest BCUT2D eigenvalue weighted by Crippen LogP contribution is 2.18. The van der Waals surface area contributed by atoms with Crippen LogP contribution in [0.4, 0.5) is 0 Å². The van der Waals surface area contributed by atoms with E-state index in [2.05, 4.69) is 11.9 Å². The Bertz CT molecular complexity index is 206. The Morgan fingerprint density at radius 3 is 2.47 bits per heavy atom. The van der Waals surface area contributed by atoms with Crippen LogP contribution in [0, 0.1) is 5.41 Å². The molecule has 0 aromatic rings. The second kappa shape index (κ2) is 6.62. The van der Waals surface area contributed by atoms with Crippen molar-refractivity contribution in [2.45, 2.75) is 46.1 Å². The van der Waals surface area contributed by atoms with Gasteiger partial charge in [0.15, 0.2) is 0 Å². The first-order valence-electron chi connectivity index (χ1n) is 5.53. The van der Waals surface area contributed by atoms with Gasteiger partial charge in [0.25, 0.3) is 0 Å². The third-order valence-corrected chi connectivity index (χ3v) is 2.33. The standard InChI is InChI=1S/C12H24N2O/c1-5-6-7-8-9-14-10(11(13)15)12(2,3)4/h5,10,14H,1,6-9H2,2-4H3,(H2,13,15)/t10-/m1/s1. The van der Waals surface area contributed by atoms with Gasteiger partial charge in [-0.3, -0.25) is 4.79 Å². The summed E-state index contributed by atoms with van der Waals surface area (Å²) in [6, 6.07) is -0.249. The molecule has 0 heterocycles. The average molecular weight is 212 g/mol. The lowest BCUT2D eigenvalue weighted by molar-refractivity contribution is -0.122. The summed E-state index contributed by atoms with van der Waals surface area (Å²) in [5.41, 5.74) is 5.23. The average Bonchev–Trinajstić information content (AvgIpc) is 2.08. The van der Waals surface area contributed by atoms with Gasteiger partial charge in [0.05, 0.1) is 6.04 Å². The summed E-state index contributed by atoms with van der Waals surface area (Å²) >= 11 is 0. The van der Waals surface area contributed by atoms with Crippen molar-refractivity contribution < 1.29 is 4.79 Å². The summed E-state index contributed by atoms with van der Waals surface area (Å²) < 4.78 is 0. The number of unbranched alkanes of at least 4 members (excludes halogenated alkanes) is 2. The van der Waals surface area contributed by atoms with Crippen LogP contribution in [0.2, 0.25) is 0 Å². The predicted molar refractivity (Wildman–Crippen MR) is 64.5 cm³/mol. The van der Waals surface area contributed by atoms with Gasteiger partial charge < -0.3 is 11.1 Å². The molecule has 15 heavy (non-hydrogen) atoms. The molecule has 0 aliphatic rings. The van der Waals surface area contributed by atoms with Crippen LogP contribution in [0.25, 0.3) is 0 Å². The maximum absolute atomic E-state index is 11.2. The van der Waals surface area contributed by atoms with Crippen molar-refractivity contribution in [2.24, 2.45) is 11.1 Å². The van der Waals surface area contributed by atoms with Crippen LogP contribution in [-0.4, -0.2) is 18.5 Å². The summed E-state index contributed by atoms with van der Waals surface area (Å²) in [4.78, 5) is 11.2. The van der Waals surface area contributed by atoms with E-state index in [4.69, 9.17) is 5.73 Å². The number of rotatable bonds is 7. The minimum atomic E-state index is -0.272. The number of amides is 1. The number of carbonyl (C=O) groups excluding carboxylic acids is 1. The zero-order valence-electron chi connectivity index (χ0n) is 10.2. The largest absolute Gasteiger partial charge is 0.368 e. The molecule has 3 N–H and O–H groups in total. The number of hydrogen-bond donors (Lipinski definition) is 2. The number of nitrogens with two attached hydrogens (primary N) is 1. The number of carbonyl (C=O) groups is 1. The fraction of sp³-hybridized carbons (Fsp3) is 0.750. The highest BCUT2D eigenvalue weighted by Gasteiger charge is 2.28. The topological polar surface area (TPSA) is 55.1 Å². The van der Waals surface area contributed by atoms with E-state index < -0.39 is 0 Å². The van der Waals surface area contributed by atoms with Crippen molar-refractivity contribution in [1.29, 1.82) is 0 Å². The minimum Gasteiger partial charge on any atom is -0.368 e. The third-order valence-electron chi connectivity index (χ3n) is 2.33. The van der Waals surface area contributed by atoms with Crippen molar-refractivity contribution in [3.63, 3.8) is 0 Å². The van der Waals surface area contributed by atoms with Gasteiger partial charge >= 0.3 is 0 Å². The fourth-order valence-electron chi connectivity index (χ4n) is 1.49. The van der Waals surface area contributed by atoms with Gasteiger partial charge in [-0.05, 0) is 31.2 Å². The second-order valence-electron chi connectivity index (χ2n) is 4.94. The van der Waals surface area contributed by atoms with Crippen molar-refractivity contribution >= 4 is 5.91 Å². The number of hydrogen-bond acceptors (Lipinski definition) is 2. The molecule has 0 aromatic heterocycles. The lowest BCUT2D eigenvalue weighted by Gasteiger charge is -2.28. The van der Waals surface area contributed by atoms with Gasteiger partial charge in [-0.2, -0.15) is 0 Å². The summed E-state index contributed by atoms with van der Waals surface area (Å²) in [6.07, 6.45) is 5.09. The van der Waals surface area contributed by atoms with Gasteiger partial charge in [0.1, 0.15) is 0 Å². The lowest BCUT2D eigenvalue weighted by Crippen LogP contribution is -2.50. The second-order valence-corrected chi connectivity index (χ2v) is 4.94. The molecule has 0 aliphatic heterocycles. The van der Waals surface area contributed by atoms with E-state index in [0.717, 1.165) is 25.8 Å². The Hall–Kier alpha value is -0.830. The first-order chi connectivity index (χ1) is 6.89. The SMILES string of the molecule is C=CCCCCN[C@H](C(N)=O)C(C)(C)C. The van der Waals surface area contributed by atoms with Gasteiger partial charge in [0, 0.05) is 0 Å². The molecule has 0 bridgehead atoms. The van der Waals surface area contributed by atoms with Crippen LogP contribution in [0.3, 0.4) is 0 Å². The van der Waals surface area contributed by atoms with Gasteiger partial charge in [-0.1, -0.05) is 26.8 Å². The molecule has 0 unspecified atom stereocenters. The van der Waals surface area contributed by atoms with Crippen LogP contribution in [0.5, 0.6) is 0 Å². The molecule has 3 nitrogen and oxygen atoms in total. The maximum Gasteiger partial charge on any atom is 0.235 e. The molecule has 1 atom stereocenters. The molecule has 1 amide bonds. The first kappa shape index (κ1) is 14.2. The van der Waals surface area contributed by atoms with E-state index in [1.807, 2.05) is 26.8 Å². The van der Waals surface area contributed by atoms with E-state index in [0.29, 0.717) is 0 Å². The summed E-state index contributed by atoms with van der Waals surface area (Å²) in [6.45, 7) is 10.5. The van der Waals surface area contributed by atoms with Crippen molar-refractivity contribution in [1.82, 2.24) is 5.32 Å². The zero-order valence-corrected chi connectivity index (χ0v) is 10.2. The molecular formula is C12H24N2O. The van der Waals surface area contributed by atoms with Crippen molar-refractivity contribution in [2.75, 3.05) is 6.54 Å². The Morgan fingerprint density at radius 2 is 2.07 bits per heavy atom. The first-order valence-corrected chi connectivity index (χ1v) is 5.53. The smallest absolute Gasteiger partial charge is 0.235 e. The van der Waals surface area contributed by atoms with Crippen LogP contribution >= 0.6 is 0 Å². The zero-order chi connectivity index (χ0) is 11.9. The quantitative estimate of drug-likeness (QED) is 0.499. The molecule has 0 spiro atoms. The Morgan fingerprint density at radius 1 is 1.47 bits per heavy atom. The monoisotopic (exact) mass is 212 g/mol. The van der Waals surface area contributed by atoms with E-state index in [1.54, 1.807) is 0 Å². The summed E-state index contributed by atoms with van der Waals surface area (Å²) in [5, 5.41) is 3.21. The summed E-state index contributed by atoms with van der Waals surface area (Å²) in [7, 11) is 0. The van der Waals surface area contributed by atoms with E-state index >= 15 is 0 Å². The number of nitrogens with one attached hydrogen (secondary N) is 1. The Balaban J connectivity index is 3.88. The van der Waals surface area contributed by atoms with Crippen LogP contribution in [0.15, 0.2) is 12.7 Å². The molecule has 0 aliphatic carbocycles. The highest BCUT2D eigenvalue weighted by molar-refractivity contribution is 5.80. The lowest BCUT2D eigenvalue weighted by atomic mass is 9.86. The minimum absolute atomic E-state index is 0.121. The third kappa shape index (κ3) is 6.28. The molecule has 0 saturated carbocycles. The van der Waals surface area contributed by atoms with E-state index in [-0.39, 0.29) is 17.4 Å². The molecule has 0 saturated heterocycles. The Kier molecular flexibility index (Phi) is 6.25. The predicted octanol–water partition coefficient (Wildman–Crippen LogP) is 1.83. The fourth-order valence-corrected chi connectivity index (χ4v) is 1.49. The highest BCUT2D eigenvalue weighted by atomic mass is 16.1. The van der Waals surface area contributed by atoms with Gasteiger partial charge in [-0.25, -0.2) is 0 Å². The van der Waals surface area contributed by atoms with Crippen molar-refractivity contribution in [3.8, 4) is 0 Å². The molecule has 0 rings (SSSR count). The maximum atomic E-state index is 11.2. The van der Waals surface area contributed by atoms with Gasteiger partial charge in [0.2, 0.25) is 5.91 Å². The summed E-state index contributed by atoms with van der Waals surface area (Å²) in [5.74, 6) is -0.272. The molecule has 88 valence electrons. The number of primary amides is 1. The van der Waals surface area contributed by atoms with Crippen LogP contribution in [0.1, 0.15) is 40.0 Å².